The Kier molecular flexibility index (Phi) is 6.89. The monoisotopic (exact) mass is 245 g/mol. The maximum Gasteiger partial charge on any atom is 0.123 e. The van der Waals surface area contributed by atoms with Gasteiger partial charge in [0.15, 0.2) is 0 Å². The first-order chi connectivity index (χ1) is 8.75. The van der Waals surface area contributed by atoms with E-state index >= 15 is 0 Å². The largest absolute Gasteiger partial charge is 0.489 e. The first kappa shape index (κ1) is 14.5. The number of hydrogen-bond acceptors (Lipinski definition) is 2. The standard InChI is InChI=1S/C16H23NO/c1-4-11-17-12-7-8-13-18-16-10-6-5-9-15(16)14(2)3/h4-10,14,17H,1,11-13H2,2-3H3/b8-7+. The van der Waals surface area contributed by atoms with Crippen LogP contribution < -0.4 is 10.1 Å². The number of hydrogen-bond donors (Lipinski definition) is 1. The fourth-order valence-electron chi connectivity index (χ4n) is 1.65. The molecule has 0 aliphatic carbocycles. The Morgan fingerprint density at radius 2 is 2.00 bits per heavy atom. The molecule has 0 amide bonds. The van der Waals surface area contributed by atoms with Gasteiger partial charge >= 0.3 is 0 Å². The normalized spacial score (nSPS) is 11.1. The Labute approximate surface area is 110 Å². The summed E-state index contributed by atoms with van der Waals surface area (Å²) in [7, 11) is 0. The van der Waals surface area contributed by atoms with E-state index in [2.05, 4.69) is 44.0 Å². The molecule has 2 heteroatoms. The summed E-state index contributed by atoms with van der Waals surface area (Å²) in [5.74, 6) is 1.47. The molecule has 0 unspecified atom stereocenters. The zero-order valence-electron chi connectivity index (χ0n) is 11.4. The Hall–Kier alpha value is -1.54. The molecule has 0 saturated heterocycles. The lowest BCUT2D eigenvalue weighted by molar-refractivity contribution is 0.357. The quantitative estimate of drug-likeness (QED) is 0.559. The highest BCUT2D eigenvalue weighted by molar-refractivity contribution is 5.35. The van der Waals surface area contributed by atoms with E-state index in [4.69, 9.17) is 4.74 Å². The highest BCUT2D eigenvalue weighted by Gasteiger charge is 2.05. The molecule has 1 rings (SSSR count). The van der Waals surface area contributed by atoms with E-state index < -0.39 is 0 Å². The van der Waals surface area contributed by atoms with Crippen LogP contribution in [0.25, 0.3) is 0 Å². The Balaban J connectivity index is 2.37. The maximum absolute atomic E-state index is 5.77. The van der Waals surface area contributed by atoms with Gasteiger partial charge in [0.1, 0.15) is 12.4 Å². The van der Waals surface area contributed by atoms with E-state index in [9.17, 15) is 0 Å². The molecule has 0 bridgehead atoms. The van der Waals surface area contributed by atoms with Crippen LogP contribution in [0.4, 0.5) is 0 Å². The smallest absolute Gasteiger partial charge is 0.123 e. The van der Waals surface area contributed by atoms with E-state index in [0.717, 1.165) is 18.8 Å². The average molecular weight is 245 g/mol. The summed E-state index contributed by atoms with van der Waals surface area (Å²) >= 11 is 0. The van der Waals surface area contributed by atoms with Gasteiger partial charge in [-0.15, -0.1) is 6.58 Å². The first-order valence-corrected chi connectivity index (χ1v) is 6.44. The zero-order valence-corrected chi connectivity index (χ0v) is 11.4. The Morgan fingerprint density at radius 3 is 2.72 bits per heavy atom. The third kappa shape index (κ3) is 5.19. The van der Waals surface area contributed by atoms with Crippen molar-refractivity contribution in [2.75, 3.05) is 19.7 Å². The SMILES string of the molecule is C=CCNC/C=C/COc1ccccc1C(C)C. The van der Waals surface area contributed by atoms with Crippen molar-refractivity contribution < 1.29 is 4.74 Å². The van der Waals surface area contributed by atoms with E-state index in [-0.39, 0.29) is 0 Å². The van der Waals surface area contributed by atoms with E-state index in [1.54, 1.807) is 0 Å². The Bertz CT molecular complexity index is 382. The minimum absolute atomic E-state index is 0.486. The van der Waals surface area contributed by atoms with Crippen molar-refractivity contribution in [3.63, 3.8) is 0 Å². The molecule has 0 saturated carbocycles. The molecular formula is C16H23NO. The van der Waals surface area contributed by atoms with Crippen LogP contribution in [0.15, 0.2) is 49.1 Å². The van der Waals surface area contributed by atoms with Crippen molar-refractivity contribution in [3.05, 3.63) is 54.6 Å². The van der Waals surface area contributed by atoms with Crippen molar-refractivity contribution >= 4 is 0 Å². The third-order valence-electron chi connectivity index (χ3n) is 2.59. The van der Waals surface area contributed by atoms with Crippen LogP contribution in [0.1, 0.15) is 25.3 Å². The average Bonchev–Trinajstić information content (AvgIpc) is 2.38. The molecule has 98 valence electrons. The van der Waals surface area contributed by atoms with E-state index in [0.29, 0.717) is 12.5 Å². The predicted molar refractivity (Wildman–Crippen MR) is 78.2 cm³/mol. The van der Waals surface area contributed by atoms with Crippen LogP contribution in [0.5, 0.6) is 5.75 Å². The number of benzene rings is 1. The second-order valence-corrected chi connectivity index (χ2v) is 4.42. The van der Waals surface area contributed by atoms with Crippen molar-refractivity contribution in [2.45, 2.75) is 19.8 Å². The molecule has 0 aromatic heterocycles. The molecule has 1 N–H and O–H groups in total. The number of ether oxygens (including phenoxy) is 1. The zero-order chi connectivity index (χ0) is 13.2. The molecule has 18 heavy (non-hydrogen) atoms. The van der Waals surface area contributed by atoms with Crippen LogP contribution in [-0.4, -0.2) is 19.7 Å². The molecular weight excluding hydrogens is 222 g/mol. The molecule has 0 aliphatic rings. The fourth-order valence-corrected chi connectivity index (χ4v) is 1.65. The lowest BCUT2D eigenvalue weighted by Crippen LogP contribution is -2.12. The van der Waals surface area contributed by atoms with Crippen molar-refractivity contribution in [1.29, 1.82) is 0 Å². The van der Waals surface area contributed by atoms with Gasteiger partial charge in [0, 0.05) is 13.1 Å². The number of nitrogens with one attached hydrogen (secondary N) is 1. The van der Waals surface area contributed by atoms with Crippen molar-refractivity contribution in [2.24, 2.45) is 0 Å². The lowest BCUT2D eigenvalue weighted by atomic mass is 10.0. The topological polar surface area (TPSA) is 21.3 Å². The molecule has 0 heterocycles. The summed E-state index contributed by atoms with van der Waals surface area (Å²) in [6.45, 7) is 10.3. The predicted octanol–water partition coefficient (Wildman–Crippen LogP) is 3.52. The van der Waals surface area contributed by atoms with Gasteiger partial charge in [0.25, 0.3) is 0 Å². The highest BCUT2D eigenvalue weighted by Crippen LogP contribution is 2.25. The van der Waals surface area contributed by atoms with Gasteiger partial charge in [-0.05, 0) is 17.5 Å². The third-order valence-corrected chi connectivity index (χ3v) is 2.59. The van der Waals surface area contributed by atoms with Gasteiger partial charge < -0.3 is 10.1 Å². The molecule has 1 aromatic rings. The molecule has 0 aliphatic heterocycles. The molecule has 2 nitrogen and oxygen atoms in total. The van der Waals surface area contributed by atoms with Crippen LogP contribution in [0.2, 0.25) is 0 Å². The van der Waals surface area contributed by atoms with E-state index in [1.807, 2.05) is 24.3 Å². The number of rotatable bonds is 8. The van der Waals surface area contributed by atoms with Crippen LogP contribution in [0, 0.1) is 0 Å². The Morgan fingerprint density at radius 1 is 1.22 bits per heavy atom. The minimum Gasteiger partial charge on any atom is -0.489 e. The van der Waals surface area contributed by atoms with Crippen LogP contribution in [-0.2, 0) is 0 Å². The van der Waals surface area contributed by atoms with Crippen LogP contribution >= 0.6 is 0 Å². The molecule has 0 spiro atoms. The summed E-state index contributed by atoms with van der Waals surface area (Å²) in [5, 5.41) is 3.20. The molecule has 0 radical (unpaired) electrons. The van der Waals surface area contributed by atoms with Gasteiger partial charge in [-0.3, -0.25) is 0 Å². The second-order valence-electron chi connectivity index (χ2n) is 4.42. The summed E-state index contributed by atoms with van der Waals surface area (Å²) in [4.78, 5) is 0. The lowest BCUT2D eigenvalue weighted by Gasteiger charge is -2.12. The van der Waals surface area contributed by atoms with Gasteiger partial charge in [0.05, 0.1) is 0 Å². The summed E-state index contributed by atoms with van der Waals surface area (Å²) < 4.78 is 5.77. The summed E-state index contributed by atoms with van der Waals surface area (Å²) in [5.41, 5.74) is 1.26. The maximum atomic E-state index is 5.77. The van der Waals surface area contributed by atoms with Gasteiger partial charge in [-0.25, -0.2) is 0 Å². The fraction of sp³-hybridized carbons (Fsp3) is 0.375. The molecule has 0 fully saturated rings. The minimum atomic E-state index is 0.486. The van der Waals surface area contributed by atoms with Gasteiger partial charge in [0.2, 0.25) is 0 Å². The van der Waals surface area contributed by atoms with Gasteiger partial charge in [-0.2, -0.15) is 0 Å². The number of para-hydroxylation sites is 1. The van der Waals surface area contributed by atoms with Gasteiger partial charge in [-0.1, -0.05) is 50.3 Å². The van der Waals surface area contributed by atoms with Crippen molar-refractivity contribution in [1.82, 2.24) is 5.32 Å². The summed E-state index contributed by atoms with van der Waals surface area (Å²) in [6, 6.07) is 8.21. The molecule has 1 aromatic carbocycles. The molecule has 0 atom stereocenters. The second kappa shape index (κ2) is 8.54. The first-order valence-electron chi connectivity index (χ1n) is 6.44. The van der Waals surface area contributed by atoms with E-state index in [1.165, 1.54) is 5.56 Å². The summed E-state index contributed by atoms with van der Waals surface area (Å²) in [6.07, 6.45) is 5.96. The highest BCUT2D eigenvalue weighted by atomic mass is 16.5. The van der Waals surface area contributed by atoms with Crippen molar-refractivity contribution in [3.8, 4) is 5.75 Å². The van der Waals surface area contributed by atoms with Crippen LogP contribution in [0.3, 0.4) is 0 Å².